The average molecular weight is 244 g/mol. The van der Waals surface area contributed by atoms with Crippen molar-refractivity contribution in [3.63, 3.8) is 0 Å². The van der Waals surface area contributed by atoms with Gasteiger partial charge in [-0.25, -0.2) is 0 Å². The molecule has 1 aliphatic heterocycles. The number of hydrogen-bond acceptors (Lipinski definition) is 4. The van der Waals surface area contributed by atoms with Crippen LogP contribution in [0.25, 0.3) is 0 Å². The number of piperidine rings is 1. The molecule has 4 nitrogen and oxygen atoms in total. The fourth-order valence-electron chi connectivity index (χ4n) is 2.58. The monoisotopic (exact) mass is 244 g/mol. The maximum atomic E-state index is 9.30. The second-order valence-electron chi connectivity index (χ2n) is 5.23. The van der Waals surface area contributed by atoms with Crippen molar-refractivity contribution < 1.29 is 0 Å². The Hall–Kier alpha value is -1.60. The predicted molar refractivity (Wildman–Crippen MR) is 72.4 cm³/mol. The highest BCUT2D eigenvalue weighted by Crippen LogP contribution is 2.27. The van der Waals surface area contributed by atoms with Crippen LogP contribution in [0, 0.1) is 31.1 Å². The molecule has 96 valence electrons. The molecule has 4 heteroatoms. The fraction of sp³-hybridized carbons (Fsp3) is 0.571. The minimum Gasteiger partial charge on any atom is -0.370 e. The second-order valence-corrected chi connectivity index (χ2v) is 5.23. The van der Waals surface area contributed by atoms with Crippen LogP contribution >= 0.6 is 0 Å². The van der Waals surface area contributed by atoms with Gasteiger partial charge in [0, 0.05) is 24.8 Å². The van der Waals surface area contributed by atoms with Gasteiger partial charge in [-0.1, -0.05) is 6.92 Å². The van der Waals surface area contributed by atoms with Gasteiger partial charge in [-0.05, 0) is 32.3 Å². The van der Waals surface area contributed by atoms with Crippen LogP contribution in [0.4, 0.5) is 5.69 Å². The Morgan fingerprint density at radius 3 is 2.83 bits per heavy atom. The molecule has 1 aliphatic rings. The first-order valence-electron chi connectivity index (χ1n) is 6.41. The summed E-state index contributed by atoms with van der Waals surface area (Å²) >= 11 is 0. The lowest BCUT2D eigenvalue weighted by Gasteiger charge is -2.37. The third-order valence-corrected chi connectivity index (χ3v) is 3.73. The van der Waals surface area contributed by atoms with Gasteiger partial charge >= 0.3 is 0 Å². The third-order valence-electron chi connectivity index (χ3n) is 3.73. The van der Waals surface area contributed by atoms with E-state index in [0.717, 1.165) is 36.6 Å². The highest BCUT2D eigenvalue weighted by molar-refractivity contribution is 5.61. The molecule has 0 aliphatic carbocycles. The number of aromatic nitrogens is 1. The van der Waals surface area contributed by atoms with Gasteiger partial charge in [0.25, 0.3) is 0 Å². The number of rotatable bonds is 1. The quantitative estimate of drug-likeness (QED) is 0.817. The van der Waals surface area contributed by atoms with Crippen LogP contribution in [-0.2, 0) is 0 Å². The number of anilines is 1. The number of hydrogen-bond donors (Lipinski definition) is 1. The van der Waals surface area contributed by atoms with Crippen molar-refractivity contribution in [2.24, 2.45) is 11.7 Å². The van der Waals surface area contributed by atoms with Gasteiger partial charge < -0.3 is 10.6 Å². The van der Waals surface area contributed by atoms with Gasteiger partial charge in [-0.15, -0.1) is 0 Å². The molecule has 2 heterocycles. The zero-order valence-electron chi connectivity index (χ0n) is 11.3. The molecule has 1 fully saturated rings. The summed E-state index contributed by atoms with van der Waals surface area (Å²) in [6, 6.07) is 4.56. The molecule has 0 amide bonds. The predicted octanol–water partition coefficient (Wildman–Crippen LogP) is 1.74. The summed E-state index contributed by atoms with van der Waals surface area (Å²) in [5.41, 5.74) is 9.53. The van der Waals surface area contributed by atoms with Crippen LogP contribution in [0.3, 0.4) is 0 Å². The van der Waals surface area contributed by atoms with Crippen molar-refractivity contribution in [1.29, 1.82) is 5.26 Å². The van der Waals surface area contributed by atoms with Crippen LogP contribution in [-0.4, -0.2) is 24.1 Å². The van der Waals surface area contributed by atoms with E-state index < -0.39 is 0 Å². The summed E-state index contributed by atoms with van der Waals surface area (Å²) in [6.45, 7) is 7.87. The first-order valence-corrected chi connectivity index (χ1v) is 6.41. The summed E-state index contributed by atoms with van der Waals surface area (Å²) in [5, 5.41) is 9.30. The van der Waals surface area contributed by atoms with Gasteiger partial charge in [-0.2, -0.15) is 5.26 Å². The van der Waals surface area contributed by atoms with E-state index in [9.17, 15) is 5.26 Å². The van der Waals surface area contributed by atoms with Gasteiger partial charge in [0.2, 0.25) is 0 Å². The highest BCUT2D eigenvalue weighted by Gasteiger charge is 2.25. The number of nitrogens with zero attached hydrogens (tertiary/aromatic N) is 3. The lowest BCUT2D eigenvalue weighted by atomic mass is 9.94. The van der Waals surface area contributed by atoms with Crippen molar-refractivity contribution in [2.45, 2.75) is 33.2 Å². The number of pyridine rings is 1. The largest absolute Gasteiger partial charge is 0.370 e. The summed E-state index contributed by atoms with van der Waals surface area (Å²) < 4.78 is 0. The lowest BCUT2D eigenvalue weighted by Crippen LogP contribution is -2.46. The van der Waals surface area contributed by atoms with Crippen molar-refractivity contribution in [2.75, 3.05) is 18.0 Å². The number of aryl methyl sites for hydroxylation is 2. The molecule has 2 atom stereocenters. The van der Waals surface area contributed by atoms with Crippen LogP contribution < -0.4 is 10.6 Å². The van der Waals surface area contributed by atoms with Crippen molar-refractivity contribution in [1.82, 2.24) is 4.98 Å². The minimum absolute atomic E-state index is 0.274. The van der Waals surface area contributed by atoms with E-state index in [4.69, 9.17) is 5.73 Å². The van der Waals surface area contributed by atoms with Gasteiger partial charge in [-0.3, -0.25) is 4.98 Å². The van der Waals surface area contributed by atoms with E-state index in [0.29, 0.717) is 11.5 Å². The summed E-state index contributed by atoms with van der Waals surface area (Å²) in [4.78, 5) is 6.63. The van der Waals surface area contributed by atoms with E-state index in [1.807, 2.05) is 19.9 Å². The SMILES string of the molecule is Cc1cc(N2CCC(N)C(C)C2)c(C#N)c(C)n1. The molecule has 1 aromatic rings. The molecular formula is C14H20N4. The van der Waals surface area contributed by atoms with Crippen LogP contribution in [0.5, 0.6) is 0 Å². The second kappa shape index (κ2) is 4.95. The molecule has 0 bridgehead atoms. The third kappa shape index (κ3) is 2.32. The number of nitrogens with two attached hydrogens (primary N) is 1. The van der Waals surface area contributed by atoms with E-state index in [1.54, 1.807) is 0 Å². The molecule has 0 spiro atoms. The smallest absolute Gasteiger partial charge is 0.103 e. The standard InChI is InChI=1S/C14H20N4/c1-9-8-18(5-4-13(9)16)14-6-10(2)17-11(3)12(14)7-15/h6,9,13H,4-5,8,16H2,1-3H3. The Balaban J connectivity index is 2.36. The van der Waals surface area contributed by atoms with Crippen molar-refractivity contribution >= 4 is 5.69 Å². The van der Waals surface area contributed by atoms with Crippen LogP contribution in [0.1, 0.15) is 30.3 Å². The summed E-state index contributed by atoms with van der Waals surface area (Å²) in [5.74, 6) is 0.457. The lowest BCUT2D eigenvalue weighted by molar-refractivity contribution is 0.382. The van der Waals surface area contributed by atoms with Gasteiger partial charge in [0.05, 0.1) is 16.9 Å². The fourth-order valence-corrected chi connectivity index (χ4v) is 2.58. The zero-order valence-corrected chi connectivity index (χ0v) is 11.3. The van der Waals surface area contributed by atoms with E-state index in [-0.39, 0.29) is 6.04 Å². The molecule has 2 rings (SSSR count). The number of nitriles is 1. The molecule has 0 radical (unpaired) electrons. The Bertz CT molecular complexity index is 489. The van der Waals surface area contributed by atoms with Crippen molar-refractivity contribution in [3.8, 4) is 6.07 Å². The Morgan fingerprint density at radius 1 is 1.50 bits per heavy atom. The van der Waals surface area contributed by atoms with Crippen molar-refractivity contribution in [3.05, 3.63) is 23.0 Å². The van der Waals surface area contributed by atoms with Crippen LogP contribution in [0.2, 0.25) is 0 Å². The van der Waals surface area contributed by atoms with E-state index in [1.165, 1.54) is 0 Å². The first-order chi connectivity index (χ1) is 8.52. The van der Waals surface area contributed by atoms with Gasteiger partial charge in [0.1, 0.15) is 6.07 Å². The molecule has 18 heavy (non-hydrogen) atoms. The Kier molecular flexibility index (Phi) is 3.53. The van der Waals surface area contributed by atoms with Gasteiger partial charge in [0.15, 0.2) is 0 Å². The molecule has 0 aromatic carbocycles. The summed E-state index contributed by atoms with van der Waals surface area (Å²) in [6.07, 6.45) is 0.979. The molecule has 1 aromatic heterocycles. The molecule has 1 saturated heterocycles. The maximum Gasteiger partial charge on any atom is 0.103 e. The highest BCUT2D eigenvalue weighted by atomic mass is 15.1. The Labute approximate surface area is 108 Å². The Morgan fingerprint density at radius 2 is 2.22 bits per heavy atom. The molecule has 2 unspecified atom stereocenters. The average Bonchev–Trinajstić information content (AvgIpc) is 2.32. The zero-order chi connectivity index (χ0) is 13.3. The molecule has 2 N–H and O–H groups in total. The minimum atomic E-state index is 0.274. The molecular weight excluding hydrogens is 224 g/mol. The normalized spacial score (nSPS) is 23.8. The van der Waals surface area contributed by atoms with Crippen LogP contribution in [0.15, 0.2) is 6.07 Å². The maximum absolute atomic E-state index is 9.30. The van der Waals surface area contributed by atoms with E-state index in [2.05, 4.69) is 22.9 Å². The van der Waals surface area contributed by atoms with E-state index >= 15 is 0 Å². The first kappa shape index (κ1) is 12.8. The molecule has 0 saturated carbocycles. The topological polar surface area (TPSA) is 65.9 Å². The summed E-state index contributed by atoms with van der Waals surface area (Å²) in [7, 11) is 0.